The van der Waals surface area contributed by atoms with E-state index in [0.29, 0.717) is 34.1 Å². The Morgan fingerprint density at radius 3 is 2.60 bits per heavy atom. The number of hydrogen-bond acceptors (Lipinski definition) is 6. The number of rotatable bonds is 5. The minimum Gasteiger partial charge on any atom is -0.493 e. The molecule has 1 heterocycles. The van der Waals surface area contributed by atoms with Crippen LogP contribution in [0.2, 0.25) is 0 Å². The van der Waals surface area contributed by atoms with E-state index in [-0.39, 0.29) is 5.91 Å². The number of H-pyrrole nitrogens is 1. The Labute approximate surface area is 151 Å². The van der Waals surface area contributed by atoms with Gasteiger partial charge in [0, 0.05) is 15.6 Å². The normalized spacial score (nSPS) is 10.4. The lowest BCUT2D eigenvalue weighted by Gasteiger charge is -2.12. The van der Waals surface area contributed by atoms with Gasteiger partial charge < -0.3 is 14.8 Å². The van der Waals surface area contributed by atoms with Gasteiger partial charge in [0.2, 0.25) is 5.82 Å². The lowest BCUT2D eigenvalue weighted by molar-refractivity contribution is 0.102. The zero-order chi connectivity index (χ0) is 17.8. The molecular weight excluding hydrogens is 390 g/mol. The van der Waals surface area contributed by atoms with E-state index in [1.165, 1.54) is 14.2 Å². The Balaban J connectivity index is 1.92. The summed E-state index contributed by atoms with van der Waals surface area (Å²) in [5.74, 6) is 1.11. The maximum atomic E-state index is 12.6. The van der Waals surface area contributed by atoms with Gasteiger partial charge in [-0.3, -0.25) is 4.79 Å². The first-order chi connectivity index (χ1) is 12.1. The molecule has 2 aromatic carbocycles. The Morgan fingerprint density at radius 2 is 1.92 bits per heavy atom. The van der Waals surface area contributed by atoms with Gasteiger partial charge in [-0.05, 0) is 41.6 Å². The highest BCUT2D eigenvalue weighted by molar-refractivity contribution is 9.10. The van der Waals surface area contributed by atoms with E-state index in [9.17, 15) is 4.79 Å². The standard InChI is InChI=1S/C16H14BrN5O3/c1-24-13-6-3-9(7-14(13)25-2)16(23)18-12-8-10(17)4-5-11(12)15-19-21-22-20-15/h3-8H,1-2H3,(H,18,23)(H,19,20,21,22). The van der Waals surface area contributed by atoms with E-state index in [1.54, 1.807) is 30.3 Å². The first-order valence-electron chi connectivity index (χ1n) is 7.19. The van der Waals surface area contributed by atoms with E-state index in [2.05, 4.69) is 41.9 Å². The van der Waals surface area contributed by atoms with Crippen molar-refractivity contribution < 1.29 is 14.3 Å². The van der Waals surface area contributed by atoms with Crippen molar-refractivity contribution >= 4 is 27.5 Å². The number of ether oxygens (including phenoxy) is 2. The van der Waals surface area contributed by atoms with Gasteiger partial charge in [0.05, 0.1) is 19.9 Å². The summed E-state index contributed by atoms with van der Waals surface area (Å²) in [7, 11) is 3.05. The summed E-state index contributed by atoms with van der Waals surface area (Å²) in [5.41, 5.74) is 1.62. The number of anilines is 1. The SMILES string of the molecule is COc1ccc(C(=O)Nc2cc(Br)ccc2-c2nn[nH]n2)cc1OC. The van der Waals surface area contributed by atoms with Crippen LogP contribution in [-0.4, -0.2) is 40.8 Å². The molecule has 0 bridgehead atoms. The summed E-state index contributed by atoms with van der Waals surface area (Å²) >= 11 is 3.40. The molecule has 0 fully saturated rings. The molecule has 8 nitrogen and oxygen atoms in total. The number of methoxy groups -OCH3 is 2. The largest absolute Gasteiger partial charge is 0.493 e. The zero-order valence-electron chi connectivity index (χ0n) is 13.4. The molecule has 128 valence electrons. The molecule has 0 spiro atoms. The second-order valence-corrected chi connectivity index (χ2v) is 5.86. The third kappa shape index (κ3) is 3.61. The van der Waals surface area contributed by atoms with Crippen LogP contribution in [0.5, 0.6) is 11.5 Å². The molecular formula is C16H14BrN5O3. The minimum atomic E-state index is -0.302. The predicted octanol–water partition coefficient (Wildman–Crippen LogP) is 2.90. The Hall–Kier alpha value is -2.94. The van der Waals surface area contributed by atoms with Gasteiger partial charge in [-0.15, -0.1) is 10.2 Å². The summed E-state index contributed by atoms with van der Waals surface area (Å²) in [5, 5.41) is 16.7. The monoisotopic (exact) mass is 403 g/mol. The first-order valence-corrected chi connectivity index (χ1v) is 7.98. The molecule has 0 aliphatic rings. The number of benzene rings is 2. The fourth-order valence-electron chi connectivity index (χ4n) is 2.26. The molecule has 1 amide bonds. The second-order valence-electron chi connectivity index (χ2n) is 4.95. The molecule has 0 radical (unpaired) electrons. The quantitative estimate of drug-likeness (QED) is 0.678. The number of hydrogen-bond donors (Lipinski definition) is 2. The maximum absolute atomic E-state index is 12.6. The summed E-state index contributed by atoms with van der Waals surface area (Å²) in [6.45, 7) is 0. The molecule has 3 rings (SSSR count). The molecule has 3 aromatic rings. The van der Waals surface area contributed by atoms with Gasteiger partial charge in [0.1, 0.15) is 0 Å². The topological polar surface area (TPSA) is 102 Å². The maximum Gasteiger partial charge on any atom is 0.255 e. The van der Waals surface area contributed by atoms with Gasteiger partial charge in [-0.2, -0.15) is 5.21 Å². The number of amides is 1. The van der Waals surface area contributed by atoms with Gasteiger partial charge in [-0.1, -0.05) is 15.9 Å². The highest BCUT2D eigenvalue weighted by atomic mass is 79.9. The molecule has 0 unspecified atom stereocenters. The van der Waals surface area contributed by atoms with E-state index < -0.39 is 0 Å². The second kappa shape index (κ2) is 7.31. The summed E-state index contributed by atoms with van der Waals surface area (Å²) in [6, 6.07) is 10.3. The highest BCUT2D eigenvalue weighted by Gasteiger charge is 2.15. The molecule has 0 saturated carbocycles. The molecule has 9 heteroatoms. The predicted molar refractivity (Wildman–Crippen MR) is 94.8 cm³/mol. The van der Waals surface area contributed by atoms with Gasteiger partial charge in [-0.25, -0.2) is 0 Å². The number of nitrogens with zero attached hydrogens (tertiary/aromatic N) is 3. The lowest BCUT2D eigenvalue weighted by Crippen LogP contribution is -2.13. The molecule has 1 aromatic heterocycles. The lowest BCUT2D eigenvalue weighted by atomic mass is 10.1. The molecule has 0 saturated heterocycles. The smallest absolute Gasteiger partial charge is 0.255 e. The summed E-state index contributed by atoms with van der Waals surface area (Å²) < 4.78 is 11.2. The third-order valence-corrected chi connectivity index (χ3v) is 3.96. The Bertz CT molecular complexity index is 899. The van der Waals surface area contributed by atoms with Crippen molar-refractivity contribution in [1.29, 1.82) is 0 Å². The molecule has 2 N–H and O–H groups in total. The minimum absolute atomic E-state index is 0.302. The van der Waals surface area contributed by atoms with Crippen LogP contribution in [0.15, 0.2) is 40.9 Å². The van der Waals surface area contributed by atoms with Crippen molar-refractivity contribution in [2.45, 2.75) is 0 Å². The van der Waals surface area contributed by atoms with Gasteiger partial charge in [0.25, 0.3) is 5.91 Å². The van der Waals surface area contributed by atoms with Crippen LogP contribution in [0.4, 0.5) is 5.69 Å². The van der Waals surface area contributed by atoms with Crippen molar-refractivity contribution in [3.63, 3.8) is 0 Å². The van der Waals surface area contributed by atoms with Crippen molar-refractivity contribution in [1.82, 2.24) is 20.6 Å². The van der Waals surface area contributed by atoms with Crippen molar-refractivity contribution in [3.05, 3.63) is 46.4 Å². The van der Waals surface area contributed by atoms with Crippen LogP contribution in [0.25, 0.3) is 11.4 Å². The molecule has 25 heavy (non-hydrogen) atoms. The van der Waals surface area contributed by atoms with Crippen molar-refractivity contribution in [2.75, 3.05) is 19.5 Å². The summed E-state index contributed by atoms with van der Waals surface area (Å²) in [6.07, 6.45) is 0. The number of halogens is 1. The van der Waals surface area contributed by atoms with Crippen LogP contribution < -0.4 is 14.8 Å². The van der Waals surface area contributed by atoms with Crippen LogP contribution >= 0.6 is 15.9 Å². The fourth-order valence-corrected chi connectivity index (χ4v) is 2.62. The van der Waals surface area contributed by atoms with Crippen molar-refractivity contribution in [2.24, 2.45) is 0 Å². The number of aromatic nitrogens is 4. The fraction of sp³-hybridized carbons (Fsp3) is 0.125. The molecule has 0 aliphatic carbocycles. The van der Waals surface area contributed by atoms with Crippen LogP contribution in [-0.2, 0) is 0 Å². The van der Waals surface area contributed by atoms with Crippen LogP contribution in [0.1, 0.15) is 10.4 Å². The Morgan fingerprint density at radius 1 is 1.12 bits per heavy atom. The third-order valence-electron chi connectivity index (χ3n) is 3.46. The number of carbonyl (C=O) groups excluding carboxylic acids is 1. The molecule has 0 aliphatic heterocycles. The van der Waals surface area contributed by atoms with Crippen LogP contribution in [0, 0.1) is 0 Å². The number of tetrazole rings is 1. The molecule has 0 atom stereocenters. The first kappa shape index (κ1) is 16.9. The van der Waals surface area contributed by atoms with E-state index in [1.807, 2.05) is 6.07 Å². The Kier molecular flexibility index (Phi) is 4.94. The van der Waals surface area contributed by atoms with Gasteiger partial charge in [0.15, 0.2) is 11.5 Å². The van der Waals surface area contributed by atoms with Crippen molar-refractivity contribution in [3.8, 4) is 22.9 Å². The highest BCUT2D eigenvalue weighted by Crippen LogP contribution is 2.30. The van der Waals surface area contributed by atoms with E-state index >= 15 is 0 Å². The average molecular weight is 404 g/mol. The number of aromatic amines is 1. The van der Waals surface area contributed by atoms with E-state index in [0.717, 1.165) is 4.47 Å². The average Bonchev–Trinajstić information content (AvgIpc) is 3.15. The summed E-state index contributed by atoms with van der Waals surface area (Å²) in [4.78, 5) is 12.6. The van der Waals surface area contributed by atoms with Crippen LogP contribution in [0.3, 0.4) is 0 Å². The van der Waals surface area contributed by atoms with E-state index in [4.69, 9.17) is 9.47 Å². The number of carbonyl (C=O) groups is 1. The number of nitrogens with one attached hydrogen (secondary N) is 2. The zero-order valence-corrected chi connectivity index (χ0v) is 15.0. The van der Waals surface area contributed by atoms with Gasteiger partial charge >= 0.3 is 0 Å².